The van der Waals surface area contributed by atoms with Crippen LogP contribution in [0.4, 0.5) is 0 Å². The molecule has 2 aromatic rings. The van der Waals surface area contributed by atoms with Gasteiger partial charge in [-0.3, -0.25) is 9.69 Å². The fraction of sp³-hybridized carbons (Fsp3) is 0.653. The van der Waals surface area contributed by atoms with Crippen LogP contribution in [0.2, 0.25) is 0 Å². The maximum absolute atomic E-state index is 14.9. The van der Waals surface area contributed by atoms with E-state index in [1.54, 1.807) is 0 Å². The normalized spacial score (nSPS) is 42.5. The molecule has 2 aromatic carbocycles. The van der Waals surface area contributed by atoms with Crippen LogP contribution in [0.3, 0.4) is 0 Å². The van der Waals surface area contributed by atoms with Crippen molar-refractivity contribution >= 4 is 5.78 Å². The Hall–Kier alpha value is -2.61. The average molecular weight is 748 g/mol. The third kappa shape index (κ3) is 5.69. The lowest BCUT2D eigenvalue weighted by Gasteiger charge is -2.71. The van der Waals surface area contributed by atoms with Crippen molar-refractivity contribution in [3.8, 4) is 0 Å². The van der Waals surface area contributed by atoms with Crippen molar-refractivity contribution in [3.05, 3.63) is 95.6 Å². The van der Waals surface area contributed by atoms with Crippen molar-refractivity contribution in [3.63, 3.8) is 0 Å². The van der Waals surface area contributed by atoms with Crippen molar-refractivity contribution < 1.29 is 24.9 Å². The molecule has 11 rings (SSSR count). The molecule has 0 heterocycles. The molecule has 0 aromatic heterocycles. The van der Waals surface area contributed by atoms with E-state index < -0.39 is 22.5 Å². The predicted octanol–water partition coefficient (Wildman–Crippen LogP) is 8.41. The van der Waals surface area contributed by atoms with Gasteiger partial charge in [-0.15, -0.1) is 0 Å². The Labute approximate surface area is 329 Å². The zero-order chi connectivity index (χ0) is 38.4. The maximum Gasteiger partial charge on any atom is 0.189 e. The van der Waals surface area contributed by atoms with Crippen LogP contribution in [-0.4, -0.2) is 70.1 Å². The molecular formula is C49H65NO5. The first-order chi connectivity index (χ1) is 26.2. The van der Waals surface area contributed by atoms with E-state index in [-0.39, 0.29) is 41.2 Å². The Kier molecular flexibility index (Phi) is 9.30. The van der Waals surface area contributed by atoms with Gasteiger partial charge >= 0.3 is 0 Å². The highest BCUT2D eigenvalue weighted by Gasteiger charge is 2.74. The number of ketones is 1. The first-order valence-electron chi connectivity index (χ1n) is 21.7. The topological polar surface area (TPSA) is 90.2 Å². The number of fused-ring (bicyclic) bond motifs is 3. The van der Waals surface area contributed by atoms with Crippen LogP contribution >= 0.6 is 0 Å². The third-order valence-corrected chi connectivity index (χ3v) is 17.9. The molecule has 3 N–H and O–H groups in total. The molecule has 6 nitrogen and oxygen atoms in total. The number of aliphatic hydroxyl groups excluding tert-OH is 2. The summed E-state index contributed by atoms with van der Waals surface area (Å²) in [6.45, 7) is 12.3. The van der Waals surface area contributed by atoms with Crippen LogP contribution in [0.25, 0.3) is 0 Å². The summed E-state index contributed by atoms with van der Waals surface area (Å²) in [6, 6.07) is 19.9. The lowest BCUT2D eigenvalue weighted by molar-refractivity contribution is -0.179. The third-order valence-electron chi connectivity index (χ3n) is 17.9. The van der Waals surface area contributed by atoms with Gasteiger partial charge in [-0.1, -0.05) is 107 Å². The van der Waals surface area contributed by atoms with Crippen LogP contribution in [0.1, 0.15) is 108 Å². The van der Waals surface area contributed by atoms with E-state index in [4.69, 9.17) is 4.74 Å². The monoisotopic (exact) mass is 747 g/mol. The van der Waals surface area contributed by atoms with Crippen molar-refractivity contribution in [1.29, 1.82) is 0 Å². The number of hydrogen-bond acceptors (Lipinski definition) is 6. The first-order valence-corrected chi connectivity index (χ1v) is 21.7. The maximum atomic E-state index is 14.9. The molecule has 6 saturated carbocycles. The molecule has 9 aliphatic carbocycles. The lowest BCUT2D eigenvalue weighted by Crippen LogP contribution is -2.67. The summed E-state index contributed by atoms with van der Waals surface area (Å²) in [6.07, 6.45) is 15.7. The van der Waals surface area contributed by atoms with Gasteiger partial charge in [0.15, 0.2) is 5.78 Å². The number of benzene rings is 2. The Balaban J connectivity index is 1.03. The number of ether oxygens (including phenoxy) is 1. The molecule has 0 saturated heterocycles. The fourth-order valence-corrected chi connectivity index (χ4v) is 14.7. The molecule has 12 unspecified atom stereocenters. The number of aliphatic hydroxyl groups is 3. The van der Waals surface area contributed by atoms with Gasteiger partial charge in [-0.05, 0) is 110 Å². The average Bonchev–Trinajstić information content (AvgIpc) is 3.44. The molecule has 0 radical (unpaired) electrons. The Morgan fingerprint density at radius 3 is 2.29 bits per heavy atom. The van der Waals surface area contributed by atoms with Crippen LogP contribution in [0.15, 0.2) is 84.5 Å². The van der Waals surface area contributed by atoms with Crippen LogP contribution in [0, 0.1) is 56.7 Å². The van der Waals surface area contributed by atoms with E-state index in [1.807, 2.05) is 48.5 Å². The highest BCUT2D eigenvalue weighted by molar-refractivity contribution is 6.10. The van der Waals surface area contributed by atoms with Crippen LogP contribution < -0.4 is 0 Å². The lowest BCUT2D eigenvalue weighted by atomic mass is 9.32. The summed E-state index contributed by atoms with van der Waals surface area (Å²) in [4.78, 5) is 17.3. The van der Waals surface area contributed by atoms with Crippen LogP contribution in [-0.2, 0) is 11.3 Å². The second-order valence-electron chi connectivity index (χ2n) is 20.6. The Bertz CT molecular complexity index is 1820. The number of Topliss-reactive ketones (excluding diaryl/α,β-unsaturated/α-hetero) is 1. The molecule has 9 aliphatic rings. The fourth-order valence-electron chi connectivity index (χ4n) is 14.7. The Morgan fingerprint density at radius 2 is 1.56 bits per heavy atom. The molecule has 0 amide bonds. The number of nitrogens with zero attached hydrogens (tertiary/aromatic N) is 1. The first kappa shape index (κ1) is 37.9. The van der Waals surface area contributed by atoms with Gasteiger partial charge in [0.1, 0.15) is 0 Å². The predicted molar refractivity (Wildman–Crippen MR) is 216 cm³/mol. The summed E-state index contributed by atoms with van der Waals surface area (Å²) in [5.41, 5.74) is 0.799. The van der Waals surface area contributed by atoms with Crippen molar-refractivity contribution in [2.45, 2.75) is 116 Å². The van der Waals surface area contributed by atoms with E-state index in [9.17, 15) is 20.1 Å². The number of allylic oxidation sites excluding steroid dienone is 4. The summed E-state index contributed by atoms with van der Waals surface area (Å²) in [5.74, 6) is 2.52. The zero-order valence-electron chi connectivity index (χ0n) is 33.8. The van der Waals surface area contributed by atoms with E-state index in [1.165, 1.54) is 19.3 Å². The second-order valence-corrected chi connectivity index (χ2v) is 20.6. The van der Waals surface area contributed by atoms with E-state index in [2.05, 4.69) is 63.0 Å². The van der Waals surface area contributed by atoms with Gasteiger partial charge in [0, 0.05) is 47.0 Å². The van der Waals surface area contributed by atoms with E-state index in [0.29, 0.717) is 49.8 Å². The number of carbonyl (C=O) groups is 1. The second kappa shape index (κ2) is 13.5. The van der Waals surface area contributed by atoms with E-state index in [0.717, 1.165) is 61.3 Å². The molecule has 0 aliphatic heterocycles. The van der Waals surface area contributed by atoms with Gasteiger partial charge < -0.3 is 20.1 Å². The van der Waals surface area contributed by atoms with E-state index >= 15 is 0 Å². The molecular weight excluding hydrogens is 683 g/mol. The van der Waals surface area contributed by atoms with Crippen molar-refractivity contribution in [2.75, 3.05) is 26.2 Å². The smallest absolute Gasteiger partial charge is 0.189 e. The van der Waals surface area contributed by atoms with Gasteiger partial charge in [-0.2, -0.15) is 0 Å². The number of carbonyl (C=O) groups excluding carboxylic acids is 1. The van der Waals surface area contributed by atoms with Gasteiger partial charge in [-0.25, -0.2) is 0 Å². The molecule has 6 fully saturated rings. The standard InChI is InChI=1S/C49H65NO5/c1-44(2)36-16-15-35(39(44)25-36)28-50(29-38(52)31-55-30-33-11-7-5-8-12-33)32-48(54)22-19-42-46(48,4)21-18-41-45(3)20-17-37(51)26-47(45)23-24-49(41,42)40(27-47)43(53)34-13-9-6-10-14-34/h5-14,23-24,27,35-39,41-42,51-52,54H,15-22,25-26,28-32H2,1-4H3. The molecule has 55 heavy (non-hydrogen) atoms. The minimum Gasteiger partial charge on any atom is -0.393 e. The number of rotatable bonds is 12. The molecule has 6 heteroatoms. The summed E-state index contributed by atoms with van der Waals surface area (Å²) < 4.78 is 6.06. The summed E-state index contributed by atoms with van der Waals surface area (Å²) in [5, 5.41) is 35.9. The van der Waals surface area contributed by atoms with Crippen molar-refractivity contribution in [2.24, 2.45) is 56.7 Å². The quantitative estimate of drug-likeness (QED) is 0.149. The summed E-state index contributed by atoms with van der Waals surface area (Å²) >= 11 is 0. The summed E-state index contributed by atoms with van der Waals surface area (Å²) in [7, 11) is 0. The highest BCUT2D eigenvalue weighted by Crippen LogP contribution is 2.78. The minimum absolute atomic E-state index is 0.0617. The zero-order valence-corrected chi connectivity index (χ0v) is 33.8. The van der Waals surface area contributed by atoms with Crippen molar-refractivity contribution in [1.82, 2.24) is 4.90 Å². The molecule has 12 atom stereocenters. The van der Waals surface area contributed by atoms with Gasteiger partial charge in [0.2, 0.25) is 0 Å². The highest BCUT2D eigenvalue weighted by atomic mass is 16.5. The largest absolute Gasteiger partial charge is 0.393 e. The Morgan fingerprint density at radius 1 is 0.873 bits per heavy atom. The number of hydrogen-bond donors (Lipinski definition) is 3. The van der Waals surface area contributed by atoms with Gasteiger partial charge in [0.05, 0.1) is 31.0 Å². The SMILES string of the molecule is CC1(C)C2CCC(CN(CC(O)COCc3ccccc3)CC3(O)CCC4C56C=CC7(C=C5C(=O)c5ccccc5)CC(O)CCC7(C)C6CCC43C)C1C2. The van der Waals surface area contributed by atoms with Gasteiger partial charge in [0.25, 0.3) is 0 Å². The molecule has 4 bridgehead atoms. The molecule has 296 valence electrons. The molecule has 2 spiro atoms. The van der Waals surface area contributed by atoms with Crippen LogP contribution in [0.5, 0.6) is 0 Å². The minimum atomic E-state index is -0.973.